The number of hydrogen-bond donors (Lipinski definition) is 3. The van der Waals surface area contributed by atoms with Crippen molar-refractivity contribution in [1.29, 1.82) is 0 Å². The quantitative estimate of drug-likeness (QED) is 0.505. The second-order valence-corrected chi connectivity index (χ2v) is 2.71. The van der Waals surface area contributed by atoms with Crippen LogP contribution in [0.1, 0.15) is 20.3 Å². The van der Waals surface area contributed by atoms with Crippen LogP contribution in [-0.2, 0) is 4.79 Å². The van der Waals surface area contributed by atoms with Crippen LogP contribution in [-0.4, -0.2) is 29.7 Å². The predicted octanol–water partition coefficient (Wildman–Crippen LogP) is -0.779. The minimum Gasteiger partial charge on any atom is -0.396 e. The lowest BCUT2D eigenvalue weighted by Gasteiger charge is -2.13. The van der Waals surface area contributed by atoms with Gasteiger partial charge in [-0.15, -0.1) is 0 Å². The summed E-state index contributed by atoms with van der Waals surface area (Å²) in [6.45, 7) is 3.54. The largest absolute Gasteiger partial charge is 0.396 e. The van der Waals surface area contributed by atoms with Crippen molar-refractivity contribution in [3.05, 3.63) is 0 Å². The van der Waals surface area contributed by atoms with Crippen LogP contribution < -0.4 is 11.1 Å². The van der Waals surface area contributed by atoms with Crippen LogP contribution in [0.2, 0.25) is 0 Å². The molecule has 0 saturated carbocycles. The molecule has 1 unspecified atom stereocenters. The Balaban J connectivity index is 3.57. The summed E-state index contributed by atoms with van der Waals surface area (Å²) < 4.78 is 0. The number of amides is 1. The van der Waals surface area contributed by atoms with Crippen molar-refractivity contribution < 1.29 is 9.90 Å². The Kier molecular flexibility index (Phi) is 4.81. The van der Waals surface area contributed by atoms with Gasteiger partial charge in [0.05, 0.1) is 6.04 Å². The van der Waals surface area contributed by atoms with E-state index in [1.54, 1.807) is 6.92 Å². The van der Waals surface area contributed by atoms with Gasteiger partial charge < -0.3 is 16.2 Å². The van der Waals surface area contributed by atoms with E-state index in [0.29, 0.717) is 6.42 Å². The molecular formula is C7H16N2O2. The van der Waals surface area contributed by atoms with Gasteiger partial charge in [0, 0.05) is 12.6 Å². The van der Waals surface area contributed by atoms with Crippen molar-refractivity contribution in [2.45, 2.75) is 32.4 Å². The van der Waals surface area contributed by atoms with Crippen molar-refractivity contribution in [3.63, 3.8) is 0 Å². The summed E-state index contributed by atoms with van der Waals surface area (Å²) in [5, 5.41) is 11.2. The smallest absolute Gasteiger partial charge is 0.236 e. The molecule has 0 spiro atoms. The number of aliphatic hydroxyl groups is 1. The molecule has 0 aromatic heterocycles. The Hall–Kier alpha value is -0.610. The first-order valence-corrected chi connectivity index (χ1v) is 3.74. The first kappa shape index (κ1) is 10.4. The van der Waals surface area contributed by atoms with Gasteiger partial charge in [-0.3, -0.25) is 4.79 Å². The fourth-order valence-electron chi connectivity index (χ4n) is 0.640. The van der Waals surface area contributed by atoms with Gasteiger partial charge in [0.2, 0.25) is 5.91 Å². The number of nitrogens with one attached hydrogen (secondary N) is 1. The molecule has 4 heteroatoms. The molecule has 0 fully saturated rings. The fourth-order valence-corrected chi connectivity index (χ4v) is 0.640. The highest BCUT2D eigenvalue weighted by molar-refractivity contribution is 5.81. The van der Waals surface area contributed by atoms with Gasteiger partial charge in [0.15, 0.2) is 0 Å². The van der Waals surface area contributed by atoms with Crippen molar-refractivity contribution in [2.24, 2.45) is 5.73 Å². The van der Waals surface area contributed by atoms with E-state index in [4.69, 9.17) is 10.8 Å². The molecule has 4 N–H and O–H groups in total. The monoisotopic (exact) mass is 160 g/mol. The van der Waals surface area contributed by atoms with E-state index in [9.17, 15) is 4.79 Å². The Morgan fingerprint density at radius 1 is 1.64 bits per heavy atom. The van der Waals surface area contributed by atoms with Crippen molar-refractivity contribution in [2.75, 3.05) is 6.61 Å². The number of nitrogens with two attached hydrogens (primary N) is 1. The molecule has 66 valence electrons. The van der Waals surface area contributed by atoms with Crippen LogP contribution in [0.5, 0.6) is 0 Å². The Labute approximate surface area is 66.8 Å². The van der Waals surface area contributed by atoms with Crippen molar-refractivity contribution >= 4 is 5.91 Å². The maximum absolute atomic E-state index is 10.9. The van der Waals surface area contributed by atoms with E-state index in [2.05, 4.69) is 5.32 Å². The Bertz CT molecular complexity index is 126. The maximum atomic E-state index is 10.9. The molecule has 0 aliphatic heterocycles. The lowest BCUT2D eigenvalue weighted by atomic mass is 10.2. The number of carbonyl (C=O) groups excluding carboxylic acids is 1. The summed E-state index contributed by atoms with van der Waals surface area (Å²) in [6.07, 6.45) is 0.568. The third-order valence-electron chi connectivity index (χ3n) is 1.36. The van der Waals surface area contributed by atoms with Crippen LogP contribution >= 0.6 is 0 Å². The molecule has 0 heterocycles. The van der Waals surface area contributed by atoms with Gasteiger partial charge >= 0.3 is 0 Å². The van der Waals surface area contributed by atoms with Crippen LogP contribution in [0.15, 0.2) is 0 Å². The molecule has 0 aliphatic carbocycles. The highest BCUT2D eigenvalue weighted by atomic mass is 16.3. The summed E-state index contributed by atoms with van der Waals surface area (Å²) in [6, 6.07) is -0.477. The fraction of sp³-hybridized carbons (Fsp3) is 0.857. The summed E-state index contributed by atoms with van der Waals surface area (Å²) >= 11 is 0. The standard InChI is InChI=1S/C7H16N2O2/c1-5(3-4-10)9-7(11)6(2)8/h5-6,10H,3-4,8H2,1-2H3,(H,9,11)/t5?,6-/m0/s1. The first-order valence-electron chi connectivity index (χ1n) is 3.74. The number of hydrogen-bond acceptors (Lipinski definition) is 3. The normalized spacial score (nSPS) is 15.6. The zero-order valence-corrected chi connectivity index (χ0v) is 7.00. The van der Waals surface area contributed by atoms with Gasteiger partial charge in [-0.1, -0.05) is 0 Å². The average Bonchev–Trinajstić information content (AvgIpc) is 1.87. The molecule has 0 radical (unpaired) electrons. The van der Waals surface area contributed by atoms with Gasteiger partial charge in [-0.05, 0) is 20.3 Å². The van der Waals surface area contributed by atoms with Crippen LogP contribution in [0, 0.1) is 0 Å². The molecule has 11 heavy (non-hydrogen) atoms. The number of carbonyl (C=O) groups is 1. The summed E-state index contributed by atoms with van der Waals surface area (Å²) in [5.74, 6) is -0.175. The zero-order valence-electron chi connectivity index (χ0n) is 7.00. The van der Waals surface area contributed by atoms with Crippen LogP contribution in [0.25, 0.3) is 0 Å². The van der Waals surface area contributed by atoms with Gasteiger partial charge in [-0.2, -0.15) is 0 Å². The molecule has 0 aliphatic rings. The number of rotatable bonds is 4. The molecule has 0 aromatic carbocycles. The second-order valence-electron chi connectivity index (χ2n) is 2.71. The van der Waals surface area contributed by atoms with E-state index in [1.807, 2.05) is 6.92 Å². The molecule has 0 aromatic rings. The van der Waals surface area contributed by atoms with E-state index < -0.39 is 6.04 Å². The lowest BCUT2D eigenvalue weighted by Crippen LogP contribution is -2.42. The van der Waals surface area contributed by atoms with Gasteiger partial charge in [-0.25, -0.2) is 0 Å². The minimum absolute atomic E-state index is 0.00139. The molecule has 4 nitrogen and oxygen atoms in total. The second kappa shape index (κ2) is 5.09. The first-order chi connectivity index (χ1) is 5.07. The third-order valence-corrected chi connectivity index (χ3v) is 1.36. The van der Waals surface area contributed by atoms with Gasteiger partial charge in [0.1, 0.15) is 0 Å². The Morgan fingerprint density at radius 3 is 2.55 bits per heavy atom. The van der Waals surface area contributed by atoms with E-state index in [0.717, 1.165) is 0 Å². The average molecular weight is 160 g/mol. The van der Waals surface area contributed by atoms with E-state index >= 15 is 0 Å². The SMILES string of the molecule is CC(CCO)NC(=O)[C@H](C)N. The maximum Gasteiger partial charge on any atom is 0.236 e. The predicted molar refractivity (Wildman–Crippen MR) is 43.0 cm³/mol. The van der Waals surface area contributed by atoms with Crippen molar-refractivity contribution in [1.82, 2.24) is 5.32 Å². The lowest BCUT2D eigenvalue weighted by molar-refractivity contribution is -0.122. The summed E-state index contributed by atoms with van der Waals surface area (Å²) in [5.41, 5.74) is 5.31. The zero-order chi connectivity index (χ0) is 8.85. The molecule has 0 rings (SSSR count). The topological polar surface area (TPSA) is 75.3 Å². The van der Waals surface area contributed by atoms with Crippen molar-refractivity contribution in [3.8, 4) is 0 Å². The third kappa shape index (κ3) is 4.75. The Morgan fingerprint density at radius 2 is 2.18 bits per heavy atom. The number of aliphatic hydroxyl groups excluding tert-OH is 1. The molecule has 0 saturated heterocycles. The van der Waals surface area contributed by atoms with Crippen LogP contribution in [0.4, 0.5) is 0 Å². The van der Waals surface area contributed by atoms with E-state index in [1.165, 1.54) is 0 Å². The summed E-state index contributed by atoms with van der Waals surface area (Å²) in [7, 11) is 0. The van der Waals surface area contributed by atoms with Crippen LogP contribution in [0.3, 0.4) is 0 Å². The molecule has 2 atom stereocenters. The molecular weight excluding hydrogens is 144 g/mol. The minimum atomic E-state index is -0.476. The molecule has 1 amide bonds. The van der Waals surface area contributed by atoms with Gasteiger partial charge in [0.25, 0.3) is 0 Å². The molecule has 0 bridgehead atoms. The highest BCUT2D eigenvalue weighted by Gasteiger charge is 2.09. The van der Waals surface area contributed by atoms with E-state index in [-0.39, 0.29) is 18.6 Å². The highest BCUT2D eigenvalue weighted by Crippen LogP contribution is 1.88. The summed E-state index contributed by atoms with van der Waals surface area (Å²) in [4.78, 5) is 10.9.